The molecule has 2 rings (SSSR count). The maximum atomic E-state index is 5.90. The molecule has 0 aromatic heterocycles. The van der Waals surface area contributed by atoms with Crippen LogP contribution in [0.4, 0.5) is 0 Å². The molecule has 1 N–H and O–H groups in total. The van der Waals surface area contributed by atoms with E-state index in [9.17, 15) is 0 Å². The highest BCUT2D eigenvalue weighted by molar-refractivity contribution is 6.30. The molecule has 0 saturated heterocycles. The summed E-state index contributed by atoms with van der Waals surface area (Å²) in [4.78, 5) is 0. The number of hydrogen-bond acceptors (Lipinski definition) is 1. The molecule has 1 saturated carbocycles. The Labute approximate surface area is 96.8 Å². The van der Waals surface area contributed by atoms with E-state index in [0.29, 0.717) is 6.04 Å². The fraction of sp³-hybridized carbons (Fsp3) is 0.538. The zero-order chi connectivity index (χ0) is 10.8. The van der Waals surface area contributed by atoms with E-state index in [1.165, 1.54) is 12.0 Å². The lowest BCUT2D eigenvalue weighted by molar-refractivity contribution is 0.476. The first kappa shape index (κ1) is 11.0. The topological polar surface area (TPSA) is 12.0 Å². The van der Waals surface area contributed by atoms with Crippen molar-refractivity contribution in [2.75, 3.05) is 6.54 Å². The van der Waals surface area contributed by atoms with Gasteiger partial charge >= 0.3 is 0 Å². The highest BCUT2D eigenvalue weighted by Crippen LogP contribution is 2.46. The van der Waals surface area contributed by atoms with Crippen LogP contribution in [0.15, 0.2) is 24.3 Å². The predicted octanol–water partition coefficient (Wildman–Crippen LogP) is 3.65. The molecule has 1 aliphatic carbocycles. The van der Waals surface area contributed by atoms with Crippen LogP contribution in [0.1, 0.15) is 31.9 Å². The van der Waals surface area contributed by atoms with Gasteiger partial charge in [0.2, 0.25) is 0 Å². The average molecular weight is 224 g/mol. The SMILES string of the molecule is CCNC(c1ccc(Cl)cc1)C1CC1C. The summed E-state index contributed by atoms with van der Waals surface area (Å²) >= 11 is 5.90. The monoisotopic (exact) mass is 223 g/mol. The van der Waals surface area contributed by atoms with E-state index in [-0.39, 0.29) is 0 Å². The summed E-state index contributed by atoms with van der Waals surface area (Å²) in [6, 6.07) is 8.76. The maximum absolute atomic E-state index is 5.90. The lowest BCUT2D eigenvalue weighted by Crippen LogP contribution is -2.23. The van der Waals surface area contributed by atoms with Gasteiger partial charge < -0.3 is 5.32 Å². The van der Waals surface area contributed by atoms with Gasteiger partial charge in [-0.3, -0.25) is 0 Å². The summed E-state index contributed by atoms with van der Waals surface area (Å²) in [5.41, 5.74) is 1.37. The van der Waals surface area contributed by atoms with Crippen molar-refractivity contribution in [3.8, 4) is 0 Å². The standard InChI is InChI=1S/C13H18ClN/c1-3-15-13(12-8-9(12)2)10-4-6-11(14)7-5-10/h4-7,9,12-13,15H,3,8H2,1-2H3. The molecular weight excluding hydrogens is 206 g/mol. The van der Waals surface area contributed by atoms with Gasteiger partial charge in [0, 0.05) is 11.1 Å². The van der Waals surface area contributed by atoms with Crippen molar-refractivity contribution < 1.29 is 0 Å². The first-order valence-corrected chi connectivity index (χ1v) is 6.09. The minimum absolute atomic E-state index is 0.516. The zero-order valence-corrected chi connectivity index (χ0v) is 10.1. The third kappa shape index (κ3) is 2.53. The Hall–Kier alpha value is -0.530. The molecule has 0 aliphatic heterocycles. The van der Waals surface area contributed by atoms with Gasteiger partial charge in [0.1, 0.15) is 0 Å². The first-order chi connectivity index (χ1) is 7.22. The second kappa shape index (κ2) is 4.54. The van der Waals surface area contributed by atoms with Gasteiger partial charge in [-0.2, -0.15) is 0 Å². The van der Waals surface area contributed by atoms with Crippen LogP contribution >= 0.6 is 11.6 Å². The summed E-state index contributed by atoms with van der Waals surface area (Å²) < 4.78 is 0. The Morgan fingerprint density at radius 3 is 2.47 bits per heavy atom. The van der Waals surface area contributed by atoms with Crippen LogP contribution in [0.5, 0.6) is 0 Å². The predicted molar refractivity (Wildman–Crippen MR) is 65.1 cm³/mol. The van der Waals surface area contributed by atoms with Crippen LogP contribution in [0.25, 0.3) is 0 Å². The molecule has 0 radical (unpaired) electrons. The van der Waals surface area contributed by atoms with Gasteiger partial charge in [0.05, 0.1) is 0 Å². The van der Waals surface area contributed by atoms with E-state index in [1.54, 1.807) is 0 Å². The molecule has 1 aliphatic rings. The zero-order valence-electron chi connectivity index (χ0n) is 9.33. The van der Waals surface area contributed by atoms with Crippen molar-refractivity contribution >= 4 is 11.6 Å². The quantitative estimate of drug-likeness (QED) is 0.822. The Bertz CT molecular complexity index is 320. The largest absolute Gasteiger partial charge is 0.310 e. The van der Waals surface area contributed by atoms with E-state index in [4.69, 9.17) is 11.6 Å². The van der Waals surface area contributed by atoms with Crippen LogP contribution in [0.2, 0.25) is 5.02 Å². The van der Waals surface area contributed by atoms with Crippen LogP contribution < -0.4 is 5.32 Å². The number of halogens is 1. The van der Waals surface area contributed by atoms with Crippen molar-refractivity contribution in [1.82, 2.24) is 5.32 Å². The van der Waals surface area contributed by atoms with Gasteiger partial charge in [0.15, 0.2) is 0 Å². The maximum Gasteiger partial charge on any atom is 0.0406 e. The van der Waals surface area contributed by atoms with Crippen molar-refractivity contribution in [3.63, 3.8) is 0 Å². The number of hydrogen-bond donors (Lipinski definition) is 1. The molecule has 0 amide bonds. The van der Waals surface area contributed by atoms with Gasteiger partial charge in [-0.15, -0.1) is 0 Å². The molecule has 82 valence electrons. The summed E-state index contributed by atoms with van der Waals surface area (Å²) in [5.74, 6) is 1.68. The molecule has 1 aromatic rings. The average Bonchev–Trinajstić information content (AvgIpc) is 2.93. The van der Waals surface area contributed by atoms with Gasteiger partial charge in [-0.25, -0.2) is 0 Å². The number of benzene rings is 1. The molecule has 3 atom stereocenters. The first-order valence-electron chi connectivity index (χ1n) is 5.71. The molecular formula is C13H18ClN. The lowest BCUT2D eigenvalue weighted by Gasteiger charge is -2.18. The number of rotatable bonds is 4. The Kier molecular flexibility index (Phi) is 3.32. The van der Waals surface area contributed by atoms with Crippen LogP contribution in [0.3, 0.4) is 0 Å². The van der Waals surface area contributed by atoms with Crippen molar-refractivity contribution in [3.05, 3.63) is 34.9 Å². The van der Waals surface area contributed by atoms with E-state index in [0.717, 1.165) is 23.4 Å². The van der Waals surface area contributed by atoms with Gasteiger partial charge in [-0.05, 0) is 42.5 Å². The molecule has 1 aromatic carbocycles. The van der Waals surface area contributed by atoms with Crippen LogP contribution in [-0.4, -0.2) is 6.54 Å². The third-order valence-electron chi connectivity index (χ3n) is 3.25. The molecule has 1 nitrogen and oxygen atoms in total. The molecule has 2 heteroatoms. The van der Waals surface area contributed by atoms with E-state index in [2.05, 4.69) is 31.3 Å². The molecule has 0 heterocycles. The van der Waals surface area contributed by atoms with E-state index in [1.807, 2.05) is 12.1 Å². The van der Waals surface area contributed by atoms with Gasteiger partial charge in [-0.1, -0.05) is 37.6 Å². The highest BCUT2D eigenvalue weighted by Gasteiger charge is 2.39. The van der Waals surface area contributed by atoms with Gasteiger partial charge in [0.25, 0.3) is 0 Å². The lowest BCUT2D eigenvalue weighted by atomic mass is 10.0. The fourth-order valence-electron chi connectivity index (χ4n) is 2.22. The second-order valence-corrected chi connectivity index (χ2v) is 4.90. The summed E-state index contributed by atoms with van der Waals surface area (Å²) in [6.07, 6.45) is 1.35. The van der Waals surface area contributed by atoms with Crippen LogP contribution in [0, 0.1) is 11.8 Å². The Balaban J connectivity index is 2.13. The fourth-order valence-corrected chi connectivity index (χ4v) is 2.35. The second-order valence-electron chi connectivity index (χ2n) is 4.46. The molecule has 0 spiro atoms. The summed E-state index contributed by atoms with van der Waals surface area (Å²) in [5, 5.41) is 4.39. The smallest absolute Gasteiger partial charge is 0.0406 e. The Morgan fingerprint density at radius 1 is 1.40 bits per heavy atom. The minimum atomic E-state index is 0.516. The highest BCUT2D eigenvalue weighted by atomic mass is 35.5. The normalized spacial score (nSPS) is 26.3. The van der Waals surface area contributed by atoms with Crippen molar-refractivity contribution in [1.29, 1.82) is 0 Å². The minimum Gasteiger partial charge on any atom is -0.310 e. The molecule has 1 fully saturated rings. The van der Waals surface area contributed by atoms with Crippen LogP contribution in [-0.2, 0) is 0 Å². The van der Waals surface area contributed by atoms with Crippen molar-refractivity contribution in [2.45, 2.75) is 26.3 Å². The summed E-state index contributed by atoms with van der Waals surface area (Å²) in [6.45, 7) is 5.51. The van der Waals surface area contributed by atoms with Crippen molar-refractivity contribution in [2.24, 2.45) is 11.8 Å². The number of nitrogens with one attached hydrogen (secondary N) is 1. The van der Waals surface area contributed by atoms with E-state index < -0.39 is 0 Å². The third-order valence-corrected chi connectivity index (χ3v) is 3.51. The molecule has 15 heavy (non-hydrogen) atoms. The Morgan fingerprint density at radius 2 is 2.00 bits per heavy atom. The summed E-state index contributed by atoms with van der Waals surface area (Å²) in [7, 11) is 0. The van der Waals surface area contributed by atoms with E-state index >= 15 is 0 Å². The molecule has 3 unspecified atom stereocenters. The molecule has 0 bridgehead atoms.